The number of aromatic nitrogens is 1. The number of hydrogen-bond acceptors (Lipinski definition) is 4. The van der Waals surface area contributed by atoms with E-state index in [0.717, 1.165) is 41.7 Å². The van der Waals surface area contributed by atoms with Crippen LogP contribution in [-0.4, -0.2) is 23.7 Å². The van der Waals surface area contributed by atoms with E-state index in [4.69, 9.17) is 10.5 Å². The monoisotopic (exact) mass is 257 g/mol. The Kier molecular flexibility index (Phi) is 3.25. The normalized spacial score (nSPS) is 22.2. The average Bonchev–Trinajstić information content (AvgIpc) is 2.39. The molecule has 1 fully saturated rings. The van der Waals surface area contributed by atoms with E-state index >= 15 is 0 Å². The van der Waals surface area contributed by atoms with Gasteiger partial charge in [0.2, 0.25) is 0 Å². The van der Waals surface area contributed by atoms with Gasteiger partial charge in [0.25, 0.3) is 0 Å². The molecule has 0 radical (unpaired) electrons. The van der Waals surface area contributed by atoms with E-state index in [1.54, 1.807) is 6.20 Å². The summed E-state index contributed by atoms with van der Waals surface area (Å²) in [5.74, 6) is 0. The van der Waals surface area contributed by atoms with E-state index < -0.39 is 0 Å². The van der Waals surface area contributed by atoms with E-state index in [1.807, 2.05) is 31.2 Å². The van der Waals surface area contributed by atoms with Crippen molar-refractivity contribution < 1.29 is 4.74 Å². The van der Waals surface area contributed by atoms with E-state index in [2.05, 4.69) is 10.3 Å². The molecule has 0 amide bonds. The summed E-state index contributed by atoms with van der Waals surface area (Å²) >= 11 is 0. The van der Waals surface area contributed by atoms with Gasteiger partial charge < -0.3 is 15.8 Å². The van der Waals surface area contributed by atoms with Crippen LogP contribution >= 0.6 is 0 Å². The number of nitrogens with one attached hydrogen (secondary N) is 1. The Balaban J connectivity index is 1.77. The number of hydrogen-bond donors (Lipinski definition) is 2. The van der Waals surface area contributed by atoms with Crippen LogP contribution < -0.4 is 11.1 Å². The first-order valence-corrected chi connectivity index (χ1v) is 6.79. The van der Waals surface area contributed by atoms with E-state index in [9.17, 15) is 0 Å². The maximum atomic E-state index is 5.98. The molecular weight excluding hydrogens is 238 g/mol. The molecule has 2 aromatic rings. The predicted octanol–water partition coefficient (Wildman–Crippen LogP) is 2.80. The standard InChI is InChI=1S/C15H19N3O/c1-2-19-11-8-10(9-11)18-14-6-5-13(16)12-4-3-7-17-15(12)14/h3-7,10-11,18H,2,8-9,16H2,1H3. The van der Waals surface area contributed by atoms with Crippen LogP contribution in [0.25, 0.3) is 10.9 Å². The fraction of sp³-hybridized carbons (Fsp3) is 0.400. The third-order valence-corrected chi connectivity index (χ3v) is 3.66. The van der Waals surface area contributed by atoms with Crippen molar-refractivity contribution in [1.82, 2.24) is 4.98 Å². The Morgan fingerprint density at radius 1 is 1.37 bits per heavy atom. The zero-order valence-corrected chi connectivity index (χ0v) is 11.1. The van der Waals surface area contributed by atoms with Gasteiger partial charge in [-0.3, -0.25) is 4.98 Å². The van der Waals surface area contributed by atoms with Crippen LogP contribution in [0.5, 0.6) is 0 Å². The highest BCUT2D eigenvalue weighted by Crippen LogP contribution is 2.31. The van der Waals surface area contributed by atoms with Crippen molar-refractivity contribution in [2.45, 2.75) is 31.9 Å². The molecule has 0 bridgehead atoms. The SMILES string of the molecule is CCOC1CC(Nc2ccc(N)c3cccnc23)C1. The quantitative estimate of drug-likeness (QED) is 0.827. The Morgan fingerprint density at radius 2 is 2.21 bits per heavy atom. The molecule has 3 N–H and O–H groups in total. The highest BCUT2D eigenvalue weighted by Gasteiger charge is 2.29. The molecule has 4 nitrogen and oxygen atoms in total. The molecule has 0 aliphatic heterocycles. The van der Waals surface area contributed by atoms with Crippen LogP contribution in [0.4, 0.5) is 11.4 Å². The van der Waals surface area contributed by atoms with Crippen molar-refractivity contribution in [3.05, 3.63) is 30.5 Å². The lowest BCUT2D eigenvalue weighted by Gasteiger charge is -2.36. The molecule has 1 aromatic carbocycles. The van der Waals surface area contributed by atoms with Crippen LogP contribution in [-0.2, 0) is 4.74 Å². The van der Waals surface area contributed by atoms with Gasteiger partial charge in [-0.25, -0.2) is 0 Å². The highest BCUT2D eigenvalue weighted by atomic mass is 16.5. The maximum absolute atomic E-state index is 5.98. The molecule has 0 atom stereocenters. The predicted molar refractivity (Wildman–Crippen MR) is 78.2 cm³/mol. The molecule has 1 aliphatic rings. The zero-order chi connectivity index (χ0) is 13.2. The first-order chi connectivity index (χ1) is 9.28. The fourth-order valence-corrected chi connectivity index (χ4v) is 2.59. The highest BCUT2D eigenvalue weighted by molar-refractivity contribution is 5.98. The maximum Gasteiger partial charge on any atom is 0.0953 e. The number of anilines is 2. The molecule has 3 rings (SSSR count). The Labute approximate surface area is 113 Å². The summed E-state index contributed by atoms with van der Waals surface area (Å²) in [6, 6.07) is 8.35. The van der Waals surface area contributed by atoms with Crippen molar-refractivity contribution in [1.29, 1.82) is 0 Å². The van der Waals surface area contributed by atoms with Crippen LogP contribution in [0.15, 0.2) is 30.5 Å². The Morgan fingerprint density at radius 3 is 3.00 bits per heavy atom. The number of pyridine rings is 1. The lowest BCUT2D eigenvalue weighted by molar-refractivity contribution is 0.00301. The minimum absolute atomic E-state index is 0.413. The molecule has 1 aliphatic carbocycles. The molecule has 1 saturated carbocycles. The first kappa shape index (κ1) is 12.2. The van der Waals surface area contributed by atoms with E-state index in [0.29, 0.717) is 12.1 Å². The van der Waals surface area contributed by atoms with Gasteiger partial charge in [0.05, 0.1) is 17.3 Å². The number of nitrogen functional groups attached to an aromatic ring is 1. The summed E-state index contributed by atoms with van der Waals surface area (Å²) in [5.41, 5.74) is 8.76. The summed E-state index contributed by atoms with van der Waals surface area (Å²) in [4.78, 5) is 4.44. The van der Waals surface area contributed by atoms with Gasteiger partial charge in [0, 0.05) is 29.9 Å². The van der Waals surface area contributed by atoms with Crippen LogP contribution in [0, 0.1) is 0 Å². The molecule has 100 valence electrons. The molecule has 0 spiro atoms. The third kappa shape index (κ3) is 2.36. The van der Waals surface area contributed by atoms with Crippen molar-refractivity contribution in [3.8, 4) is 0 Å². The average molecular weight is 257 g/mol. The number of nitrogens with zero attached hydrogens (tertiary/aromatic N) is 1. The van der Waals surface area contributed by atoms with Crippen molar-refractivity contribution >= 4 is 22.3 Å². The van der Waals surface area contributed by atoms with Gasteiger partial charge in [0.15, 0.2) is 0 Å². The molecule has 1 aromatic heterocycles. The molecular formula is C15H19N3O. The second-order valence-electron chi connectivity index (χ2n) is 4.99. The van der Waals surface area contributed by atoms with Crippen LogP contribution in [0.1, 0.15) is 19.8 Å². The summed E-state index contributed by atoms with van der Waals surface area (Å²) in [5, 5.41) is 4.55. The third-order valence-electron chi connectivity index (χ3n) is 3.66. The zero-order valence-electron chi connectivity index (χ0n) is 11.1. The largest absolute Gasteiger partial charge is 0.398 e. The molecule has 4 heteroatoms. The van der Waals surface area contributed by atoms with Gasteiger partial charge in [-0.05, 0) is 44.0 Å². The Hall–Kier alpha value is -1.81. The fourth-order valence-electron chi connectivity index (χ4n) is 2.59. The van der Waals surface area contributed by atoms with E-state index in [-0.39, 0.29) is 0 Å². The minimum atomic E-state index is 0.413. The van der Waals surface area contributed by atoms with Gasteiger partial charge in [-0.2, -0.15) is 0 Å². The summed E-state index contributed by atoms with van der Waals surface area (Å²) in [6.07, 6.45) is 4.34. The topological polar surface area (TPSA) is 60.2 Å². The van der Waals surface area contributed by atoms with E-state index in [1.165, 1.54) is 0 Å². The second-order valence-corrected chi connectivity index (χ2v) is 4.99. The second kappa shape index (κ2) is 5.05. The van der Waals surface area contributed by atoms with Crippen molar-refractivity contribution in [2.75, 3.05) is 17.7 Å². The van der Waals surface area contributed by atoms with Gasteiger partial charge >= 0.3 is 0 Å². The van der Waals surface area contributed by atoms with Crippen molar-refractivity contribution in [2.24, 2.45) is 0 Å². The van der Waals surface area contributed by atoms with Crippen LogP contribution in [0.2, 0.25) is 0 Å². The number of ether oxygens (including phenoxy) is 1. The molecule has 1 heterocycles. The van der Waals surface area contributed by atoms with Gasteiger partial charge in [-0.1, -0.05) is 0 Å². The van der Waals surface area contributed by atoms with Gasteiger partial charge in [0.1, 0.15) is 0 Å². The van der Waals surface area contributed by atoms with Gasteiger partial charge in [-0.15, -0.1) is 0 Å². The van der Waals surface area contributed by atoms with Crippen LogP contribution in [0.3, 0.4) is 0 Å². The summed E-state index contributed by atoms with van der Waals surface area (Å²) in [7, 11) is 0. The molecule has 19 heavy (non-hydrogen) atoms. The lowest BCUT2D eigenvalue weighted by atomic mass is 9.89. The Bertz CT molecular complexity index is 579. The number of fused-ring (bicyclic) bond motifs is 1. The summed E-state index contributed by atoms with van der Waals surface area (Å²) < 4.78 is 5.58. The molecule has 0 saturated heterocycles. The summed E-state index contributed by atoms with van der Waals surface area (Å²) in [6.45, 7) is 2.84. The number of rotatable bonds is 4. The smallest absolute Gasteiger partial charge is 0.0953 e. The number of nitrogens with two attached hydrogens (primary N) is 1. The minimum Gasteiger partial charge on any atom is -0.398 e. The first-order valence-electron chi connectivity index (χ1n) is 6.79. The number of benzene rings is 1. The molecule has 0 unspecified atom stereocenters. The lowest BCUT2D eigenvalue weighted by Crippen LogP contribution is -2.40. The van der Waals surface area contributed by atoms with Crippen molar-refractivity contribution in [3.63, 3.8) is 0 Å².